The van der Waals surface area contributed by atoms with E-state index in [1.54, 1.807) is 6.92 Å². The lowest BCUT2D eigenvalue weighted by atomic mass is 9.44. The third-order valence-corrected chi connectivity index (χ3v) is 9.54. The van der Waals surface area contributed by atoms with Gasteiger partial charge in [-0.25, -0.2) is 0 Å². The van der Waals surface area contributed by atoms with Crippen LogP contribution < -0.4 is 0 Å². The maximum atomic E-state index is 11.3. The molecule has 0 unspecified atom stereocenters. The van der Waals surface area contributed by atoms with E-state index in [1.165, 1.54) is 25.7 Å². The summed E-state index contributed by atoms with van der Waals surface area (Å²) in [6, 6.07) is 0. The van der Waals surface area contributed by atoms with Crippen molar-refractivity contribution in [3.63, 3.8) is 0 Å². The van der Waals surface area contributed by atoms with Crippen LogP contribution in [-0.4, -0.2) is 33.1 Å². The molecule has 0 aromatic rings. The van der Waals surface area contributed by atoms with Crippen molar-refractivity contribution in [2.75, 3.05) is 0 Å². The molecular formula is C21H36O3. The molecule has 24 heavy (non-hydrogen) atoms. The highest BCUT2D eigenvalue weighted by atomic mass is 16.3. The van der Waals surface area contributed by atoms with Crippen molar-refractivity contribution in [2.24, 2.45) is 34.5 Å². The first-order valence-electron chi connectivity index (χ1n) is 10.3. The molecule has 4 fully saturated rings. The summed E-state index contributed by atoms with van der Waals surface area (Å²) in [5, 5.41) is 31.7. The predicted molar refractivity (Wildman–Crippen MR) is 94.4 cm³/mol. The van der Waals surface area contributed by atoms with Gasteiger partial charge >= 0.3 is 0 Å². The molecule has 0 spiro atoms. The van der Waals surface area contributed by atoms with Gasteiger partial charge in [-0.2, -0.15) is 0 Å². The molecule has 0 bridgehead atoms. The van der Waals surface area contributed by atoms with Crippen molar-refractivity contribution in [2.45, 2.75) is 96.4 Å². The molecule has 3 N–H and O–H groups in total. The van der Waals surface area contributed by atoms with E-state index < -0.39 is 11.7 Å². The van der Waals surface area contributed by atoms with Crippen LogP contribution in [-0.2, 0) is 0 Å². The molecule has 4 saturated carbocycles. The summed E-state index contributed by atoms with van der Waals surface area (Å²) < 4.78 is 0. The van der Waals surface area contributed by atoms with Gasteiger partial charge in [-0.1, -0.05) is 13.8 Å². The molecule has 0 aromatic carbocycles. The molecule has 4 aliphatic rings. The first-order chi connectivity index (χ1) is 11.2. The van der Waals surface area contributed by atoms with Crippen LogP contribution in [0.15, 0.2) is 0 Å². The normalized spacial score (nSPS) is 58.5. The lowest BCUT2D eigenvalue weighted by Gasteiger charge is -2.61. The van der Waals surface area contributed by atoms with Crippen molar-refractivity contribution in [3.8, 4) is 0 Å². The van der Waals surface area contributed by atoms with Crippen LogP contribution in [0.1, 0.15) is 78.6 Å². The summed E-state index contributed by atoms with van der Waals surface area (Å²) in [6.07, 6.45) is 8.99. The van der Waals surface area contributed by atoms with Gasteiger partial charge in [0.1, 0.15) is 0 Å². The molecular weight excluding hydrogens is 300 g/mol. The van der Waals surface area contributed by atoms with Gasteiger partial charge in [0, 0.05) is 5.41 Å². The second kappa shape index (κ2) is 5.44. The number of rotatable bonds is 1. The van der Waals surface area contributed by atoms with Crippen LogP contribution in [0.2, 0.25) is 0 Å². The van der Waals surface area contributed by atoms with E-state index in [9.17, 15) is 15.3 Å². The van der Waals surface area contributed by atoms with Gasteiger partial charge in [-0.15, -0.1) is 0 Å². The second-order valence-electron chi connectivity index (χ2n) is 10.2. The van der Waals surface area contributed by atoms with Gasteiger partial charge in [0.05, 0.1) is 17.8 Å². The minimum absolute atomic E-state index is 0.0831. The minimum atomic E-state index is -0.900. The predicted octanol–water partition coefficient (Wildman–Crippen LogP) is 3.50. The van der Waals surface area contributed by atoms with Crippen LogP contribution in [0.5, 0.6) is 0 Å². The van der Waals surface area contributed by atoms with E-state index >= 15 is 0 Å². The van der Waals surface area contributed by atoms with E-state index in [4.69, 9.17) is 0 Å². The molecule has 3 nitrogen and oxygen atoms in total. The van der Waals surface area contributed by atoms with Crippen molar-refractivity contribution in [1.82, 2.24) is 0 Å². The summed E-state index contributed by atoms with van der Waals surface area (Å²) in [4.78, 5) is 0. The third-order valence-electron chi connectivity index (χ3n) is 9.54. The Balaban J connectivity index is 1.63. The lowest BCUT2D eigenvalue weighted by Crippen LogP contribution is -2.59. The Kier molecular flexibility index (Phi) is 3.92. The van der Waals surface area contributed by atoms with Crippen LogP contribution in [0, 0.1) is 34.5 Å². The molecule has 0 radical (unpaired) electrons. The summed E-state index contributed by atoms with van der Waals surface area (Å²) in [5.41, 5.74) is -0.641. The Morgan fingerprint density at radius 2 is 1.62 bits per heavy atom. The Morgan fingerprint density at radius 1 is 0.917 bits per heavy atom. The van der Waals surface area contributed by atoms with E-state index in [1.807, 2.05) is 0 Å². The van der Waals surface area contributed by atoms with E-state index in [2.05, 4.69) is 13.8 Å². The molecule has 4 aliphatic carbocycles. The maximum absolute atomic E-state index is 11.3. The number of fused-ring (bicyclic) bond motifs is 5. The number of aliphatic hydroxyl groups excluding tert-OH is 2. The van der Waals surface area contributed by atoms with Gasteiger partial charge in [-0.3, -0.25) is 0 Å². The lowest BCUT2D eigenvalue weighted by molar-refractivity contribution is -0.186. The van der Waals surface area contributed by atoms with Crippen LogP contribution in [0.4, 0.5) is 0 Å². The first-order valence-corrected chi connectivity index (χ1v) is 10.3. The zero-order chi connectivity index (χ0) is 17.3. The van der Waals surface area contributed by atoms with Gasteiger partial charge in [0.15, 0.2) is 0 Å². The quantitative estimate of drug-likeness (QED) is 0.687. The Hall–Kier alpha value is -0.120. The number of aliphatic hydroxyl groups is 3. The largest absolute Gasteiger partial charge is 0.393 e. The van der Waals surface area contributed by atoms with Gasteiger partial charge < -0.3 is 15.3 Å². The molecule has 0 aromatic heterocycles. The van der Waals surface area contributed by atoms with E-state index in [-0.39, 0.29) is 11.5 Å². The fourth-order valence-corrected chi connectivity index (χ4v) is 7.97. The molecule has 0 aliphatic heterocycles. The van der Waals surface area contributed by atoms with Crippen molar-refractivity contribution >= 4 is 0 Å². The standard InChI is InChI=1S/C21H36O3/c1-13(22)21(24)11-8-18-16-5-4-14-12-15(23)6-9-19(14,2)17(16)7-10-20(18,21)3/h13-18,22-24H,4-12H2,1-3H3/t13-,14+,15-,16+,17-,18-,19-,20-,21+/m0/s1. The molecule has 0 heterocycles. The molecule has 9 atom stereocenters. The molecule has 3 heteroatoms. The molecule has 0 amide bonds. The Morgan fingerprint density at radius 3 is 2.33 bits per heavy atom. The van der Waals surface area contributed by atoms with Gasteiger partial charge in [-0.05, 0) is 93.8 Å². The average molecular weight is 337 g/mol. The Labute approximate surface area is 146 Å². The molecule has 4 rings (SSSR count). The number of hydrogen-bond donors (Lipinski definition) is 3. The fourth-order valence-electron chi connectivity index (χ4n) is 7.97. The monoisotopic (exact) mass is 336 g/mol. The third kappa shape index (κ3) is 2.07. The molecule has 138 valence electrons. The summed E-state index contributed by atoms with van der Waals surface area (Å²) in [6.45, 7) is 6.53. The van der Waals surface area contributed by atoms with E-state index in [0.29, 0.717) is 23.2 Å². The molecule has 0 saturated heterocycles. The summed E-state index contributed by atoms with van der Waals surface area (Å²) >= 11 is 0. The maximum Gasteiger partial charge on any atom is 0.0958 e. The SMILES string of the molecule is C[C@H](O)[C@]1(O)CC[C@H]2[C@@H]3CC[C@@H]4C[C@@H](O)CC[C@]4(C)[C@H]3CC[C@@]21C. The highest BCUT2D eigenvalue weighted by Crippen LogP contribution is 2.68. The zero-order valence-corrected chi connectivity index (χ0v) is 15.7. The van der Waals surface area contributed by atoms with Crippen LogP contribution in [0.3, 0.4) is 0 Å². The van der Waals surface area contributed by atoms with Crippen LogP contribution >= 0.6 is 0 Å². The Bertz CT molecular complexity index is 505. The smallest absolute Gasteiger partial charge is 0.0958 e. The van der Waals surface area contributed by atoms with Crippen molar-refractivity contribution in [1.29, 1.82) is 0 Å². The first kappa shape index (κ1) is 17.3. The van der Waals surface area contributed by atoms with Crippen molar-refractivity contribution in [3.05, 3.63) is 0 Å². The average Bonchev–Trinajstić information content (AvgIpc) is 2.81. The highest BCUT2D eigenvalue weighted by Gasteiger charge is 2.65. The van der Waals surface area contributed by atoms with Gasteiger partial charge in [0.2, 0.25) is 0 Å². The zero-order valence-electron chi connectivity index (χ0n) is 15.7. The summed E-state index contributed by atoms with van der Waals surface area (Å²) in [5.74, 6) is 2.69. The van der Waals surface area contributed by atoms with Gasteiger partial charge in [0.25, 0.3) is 0 Å². The van der Waals surface area contributed by atoms with Crippen molar-refractivity contribution < 1.29 is 15.3 Å². The van der Waals surface area contributed by atoms with E-state index in [0.717, 1.165) is 38.0 Å². The number of hydrogen-bond acceptors (Lipinski definition) is 3. The minimum Gasteiger partial charge on any atom is -0.393 e. The van der Waals surface area contributed by atoms with Crippen LogP contribution in [0.25, 0.3) is 0 Å². The fraction of sp³-hybridized carbons (Fsp3) is 1.00. The second-order valence-corrected chi connectivity index (χ2v) is 10.2. The highest BCUT2D eigenvalue weighted by molar-refractivity contribution is 5.15. The topological polar surface area (TPSA) is 60.7 Å². The summed E-state index contributed by atoms with van der Waals surface area (Å²) in [7, 11) is 0.